The molecule has 0 saturated carbocycles. The zero-order valence-electron chi connectivity index (χ0n) is 13.0. The normalized spacial score (nSPS) is 18.2. The van der Waals surface area contributed by atoms with E-state index in [0.29, 0.717) is 11.9 Å². The number of nitrogens with zero attached hydrogens (tertiary/aromatic N) is 3. The van der Waals surface area contributed by atoms with Crippen molar-refractivity contribution in [1.82, 2.24) is 14.5 Å². The highest BCUT2D eigenvalue weighted by Crippen LogP contribution is 2.23. The first-order valence-electron chi connectivity index (χ1n) is 7.95. The molecule has 2 aromatic rings. The van der Waals surface area contributed by atoms with Crippen LogP contribution in [-0.4, -0.2) is 33.6 Å². The fourth-order valence-corrected chi connectivity index (χ4v) is 3.65. The van der Waals surface area contributed by atoms with Gasteiger partial charge in [-0.3, -0.25) is 4.90 Å². The van der Waals surface area contributed by atoms with E-state index in [2.05, 4.69) is 41.5 Å². The molecule has 1 aliphatic rings. The molecular formula is C17H24ClN3. The van der Waals surface area contributed by atoms with Crippen molar-refractivity contribution >= 4 is 22.6 Å². The van der Waals surface area contributed by atoms with Crippen molar-refractivity contribution < 1.29 is 0 Å². The van der Waals surface area contributed by atoms with Gasteiger partial charge < -0.3 is 4.57 Å². The van der Waals surface area contributed by atoms with Gasteiger partial charge in [-0.15, -0.1) is 11.6 Å². The van der Waals surface area contributed by atoms with Crippen LogP contribution in [0.4, 0.5) is 0 Å². The Morgan fingerprint density at radius 3 is 2.71 bits per heavy atom. The maximum Gasteiger partial charge on any atom is 0.124 e. The second-order valence-electron chi connectivity index (χ2n) is 6.16. The van der Waals surface area contributed by atoms with Crippen molar-refractivity contribution in [2.45, 2.75) is 51.6 Å². The van der Waals surface area contributed by atoms with Crippen LogP contribution >= 0.6 is 11.6 Å². The van der Waals surface area contributed by atoms with Gasteiger partial charge in [-0.2, -0.15) is 0 Å². The van der Waals surface area contributed by atoms with Crippen molar-refractivity contribution in [2.24, 2.45) is 0 Å². The number of fused-ring (bicyclic) bond motifs is 1. The van der Waals surface area contributed by atoms with E-state index in [0.717, 1.165) is 17.9 Å². The van der Waals surface area contributed by atoms with Crippen LogP contribution in [0.25, 0.3) is 11.0 Å². The molecule has 1 aromatic heterocycles. The number of rotatable bonds is 4. The van der Waals surface area contributed by atoms with Crippen LogP contribution in [0.5, 0.6) is 0 Å². The molecule has 0 aliphatic carbocycles. The summed E-state index contributed by atoms with van der Waals surface area (Å²) in [5.41, 5.74) is 3.59. The molecule has 4 heteroatoms. The maximum atomic E-state index is 6.13. The van der Waals surface area contributed by atoms with Crippen molar-refractivity contribution in [2.75, 3.05) is 13.1 Å². The summed E-state index contributed by atoms with van der Waals surface area (Å²) in [6, 6.07) is 6.84. The van der Waals surface area contributed by atoms with Crippen molar-refractivity contribution in [1.29, 1.82) is 0 Å². The number of hydrogen-bond acceptors (Lipinski definition) is 2. The molecule has 2 heterocycles. The number of hydrogen-bond donors (Lipinski definition) is 0. The Labute approximate surface area is 131 Å². The molecule has 0 bridgehead atoms. The third-order valence-corrected chi connectivity index (χ3v) is 4.87. The zero-order chi connectivity index (χ0) is 14.8. The Bertz CT molecular complexity index is 614. The molecule has 1 unspecified atom stereocenters. The number of aromatic nitrogens is 2. The van der Waals surface area contributed by atoms with E-state index in [9.17, 15) is 0 Å². The van der Waals surface area contributed by atoms with E-state index in [1.165, 1.54) is 43.4 Å². The van der Waals surface area contributed by atoms with Crippen LogP contribution in [0.1, 0.15) is 37.6 Å². The van der Waals surface area contributed by atoms with Crippen molar-refractivity contribution in [3.8, 4) is 0 Å². The van der Waals surface area contributed by atoms with Gasteiger partial charge in [-0.1, -0.05) is 18.6 Å². The van der Waals surface area contributed by atoms with Gasteiger partial charge in [0.1, 0.15) is 5.82 Å². The van der Waals surface area contributed by atoms with Gasteiger partial charge in [-0.05, 0) is 51.4 Å². The smallest absolute Gasteiger partial charge is 0.124 e. The highest BCUT2D eigenvalue weighted by molar-refractivity contribution is 6.16. The van der Waals surface area contributed by atoms with Gasteiger partial charge in [0.2, 0.25) is 0 Å². The van der Waals surface area contributed by atoms with E-state index in [-0.39, 0.29) is 0 Å². The van der Waals surface area contributed by atoms with Gasteiger partial charge in [0, 0.05) is 12.6 Å². The Kier molecular flexibility index (Phi) is 4.51. The second-order valence-corrected chi connectivity index (χ2v) is 6.43. The standard InChI is InChI=1S/C17H24ClN3/c1-13-7-6-8-15-17(13)21(16(11-18)19-15)12-14(2)20-9-4-3-5-10-20/h6-8,14H,3-5,9-12H2,1-2H3. The summed E-state index contributed by atoms with van der Waals surface area (Å²) in [7, 11) is 0. The lowest BCUT2D eigenvalue weighted by Crippen LogP contribution is -2.40. The summed E-state index contributed by atoms with van der Waals surface area (Å²) >= 11 is 6.13. The molecule has 114 valence electrons. The predicted molar refractivity (Wildman–Crippen MR) is 88.9 cm³/mol. The molecular weight excluding hydrogens is 282 g/mol. The summed E-state index contributed by atoms with van der Waals surface area (Å²) in [6.45, 7) is 7.91. The zero-order valence-corrected chi connectivity index (χ0v) is 13.7. The molecule has 0 amide bonds. The van der Waals surface area contributed by atoms with Crippen molar-refractivity contribution in [3.05, 3.63) is 29.6 Å². The van der Waals surface area contributed by atoms with E-state index in [1.807, 2.05) is 0 Å². The lowest BCUT2D eigenvalue weighted by atomic mass is 10.1. The minimum atomic E-state index is 0.473. The highest BCUT2D eigenvalue weighted by atomic mass is 35.5. The number of aryl methyl sites for hydroxylation is 1. The molecule has 0 radical (unpaired) electrons. The molecule has 1 atom stereocenters. The second kappa shape index (κ2) is 6.37. The fourth-order valence-electron chi connectivity index (χ4n) is 3.45. The first-order valence-corrected chi connectivity index (χ1v) is 8.49. The predicted octanol–water partition coefficient (Wildman–Crippen LogP) is 3.96. The number of alkyl halides is 1. The van der Waals surface area contributed by atoms with E-state index in [1.54, 1.807) is 0 Å². The Morgan fingerprint density at radius 1 is 1.24 bits per heavy atom. The lowest BCUT2D eigenvalue weighted by molar-refractivity contribution is 0.160. The third kappa shape index (κ3) is 2.95. The van der Waals surface area contributed by atoms with Gasteiger partial charge in [0.25, 0.3) is 0 Å². The summed E-state index contributed by atoms with van der Waals surface area (Å²) in [6.07, 6.45) is 4.04. The molecule has 1 aromatic carbocycles. The molecule has 0 spiro atoms. The quantitative estimate of drug-likeness (QED) is 0.797. The Balaban J connectivity index is 1.91. The average Bonchev–Trinajstić information content (AvgIpc) is 2.87. The van der Waals surface area contributed by atoms with Crippen molar-refractivity contribution in [3.63, 3.8) is 0 Å². The van der Waals surface area contributed by atoms with Crippen LogP contribution in [-0.2, 0) is 12.4 Å². The fraction of sp³-hybridized carbons (Fsp3) is 0.588. The molecule has 1 fully saturated rings. The number of para-hydroxylation sites is 1. The van der Waals surface area contributed by atoms with Gasteiger partial charge in [0.05, 0.1) is 16.9 Å². The third-order valence-electron chi connectivity index (χ3n) is 4.63. The summed E-state index contributed by atoms with van der Waals surface area (Å²) in [4.78, 5) is 7.31. The van der Waals surface area contributed by atoms with Crippen LogP contribution in [0.15, 0.2) is 18.2 Å². The van der Waals surface area contributed by atoms with E-state index >= 15 is 0 Å². The lowest BCUT2D eigenvalue weighted by Gasteiger charge is -2.33. The minimum Gasteiger partial charge on any atom is -0.325 e. The molecule has 21 heavy (non-hydrogen) atoms. The SMILES string of the molecule is Cc1cccc2nc(CCl)n(CC(C)N3CCCCC3)c12. The molecule has 3 rings (SSSR count). The van der Waals surface area contributed by atoms with Crippen LogP contribution in [0, 0.1) is 6.92 Å². The first kappa shape index (κ1) is 14.9. The Hall–Kier alpha value is -1.06. The largest absolute Gasteiger partial charge is 0.325 e. The molecule has 3 nitrogen and oxygen atoms in total. The van der Waals surface area contributed by atoms with E-state index in [4.69, 9.17) is 16.6 Å². The maximum absolute atomic E-state index is 6.13. The van der Waals surface area contributed by atoms with Crippen LogP contribution in [0.2, 0.25) is 0 Å². The topological polar surface area (TPSA) is 21.1 Å². The summed E-state index contributed by atoms with van der Waals surface area (Å²) < 4.78 is 2.33. The minimum absolute atomic E-state index is 0.473. The number of imidazole rings is 1. The molecule has 1 saturated heterocycles. The molecule has 1 aliphatic heterocycles. The van der Waals surface area contributed by atoms with Gasteiger partial charge >= 0.3 is 0 Å². The summed E-state index contributed by atoms with van der Waals surface area (Å²) in [5.74, 6) is 1.46. The first-order chi connectivity index (χ1) is 10.2. The Morgan fingerprint density at radius 2 is 2.00 bits per heavy atom. The number of benzene rings is 1. The number of piperidine rings is 1. The average molecular weight is 306 g/mol. The monoisotopic (exact) mass is 305 g/mol. The van der Waals surface area contributed by atoms with Crippen LogP contribution in [0.3, 0.4) is 0 Å². The van der Waals surface area contributed by atoms with Gasteiger partial charge in [-0.25, -0.2) is 4.98 Å². The van der Waals surface area contributed by atoms with E-state index < -0.39 is 0 Å². The van der Waals surface area contributed by atoms with Gasteiger partial charge in [0.15, 0.2) is 0 Å². The molecule has 0 N–H and O–H groups in total. The summed E-state index contributed by atoms with van der Waals surface area (Å²) in [5, 5.41) is 0. The van der Waals surface area contributed by atoms with Crippen LogP contribution < -0.4 is 0 Å². The number of halogens is 1. The number of likely N-dealkylation sites (tertiary alicyclic amines) is 1. The highest BCUT2D eigenvalue weighted by Gasteiger charge is 2.20.